The highest BCUT2D eigenvalue weighted by Crippen LogP contribution is 2.55. The van der Waals surface area contributed by atoms with Crippen LogP contribution in [0, 0.1) is 0 Å². The average molecular weight is 692 g/mol. The topological polar surface area (TPSA) is 3.24 Å². The molecule has 1 aliphatic carbocycles. The zero-order valence-corrected chi connectivity index (χ0v) is 30.9. The molecule has 2 aliphatic rings. The first-order valence-electron chi connectivity index (χ1n) is 19.0. The number of rotatable bonds is 5. The maximum Gasteiger partial charge on any atom is 0.0503 e. The summed E-state index contributed by atoms with van der Waals surface area (Å²) in [5, 5.41) is 0. The Balaban J connectivity index is 1.13. The number of fused-ring (bicyclic) bond motifs is 5. The molecule has 10 rings (SSSR count). The number of nitrogens with zero attached hydrogens (tertiary/aromatic N) is 1. The van der Waals surface area contributed by atoms with Gasteiger partial charge in [-0.1, -0.05) is 166 Å². The van der Waals surface area contributed by atoms with E-state index in [1.807, 2.05) is 0 Å². The number of benzene rings is 8. The molecule has 0 N–H and O–H groups in total. The highest BCUT2D eigenvalue weighted by Gasteiger charge is 2.41. The fourth-order valence-electron chi connectivity index (χ4n) is 9.19. The first-order chi connectivity index (χ1) is 26.4. The van der Waals surface area contributed by atoms with Crippen molar-refractivity contribution in [2.45, 2.75) is 31.6 Å². The summed E-state index contributed by atoms with van der Waals surface area (Å²) in [7, 11) is 0. The second-order valence-electron chi connectivity index (χ2n) is 15.5. The maximum atomic E-state index is 2.47. The first-order valence-corrected chi connectivity index (χ1v) is 19.0. The van der Waals surface area contributed by atoms with E-state index in [0.717, 1.165) is 5.69 Å². The summed E-state index contributed by atoms with van der Waals surface area (Å²) in [6, 6.07) is 71.7. The van der Waals surface area contributed by atoms with Crippen LogP contribution in [0.2, 0.25) is 0 Å². The van der Waals surface area contributed by atoms with E-state index in [4.69, 9.17) is 0 Å². The fraction of sp³-hybridized carbons (Fsp3) is 0.0943. The van der Waals surface area contributed by atoms with E-state index in [2.05, 4.69) is 220 Å². The van der Waals surface area contributed by atoms with Crippen molar-refractivity contribution in [2.75, 3.05) is 4.90 Å². The quantitative estimate of drug-likeness (QED) is 0.174. The van der Waals surface area contributed by atoms with E-state index in [-0.39, 0.29) is 10.8 Å². The second kappa shape index (κ2) is 12.3. The molecule has 1 nitrogen and oxygen atoms in total. The molecule has 0 aromatic heterocycles. The van der Waals surface area contributed by atoms with Crippen molar-refractivity contribution in [3.05, 3.63) is 222 Å². The molecule has 8 aromatic carbocycles. The van der Waals surface area contributed by atoms with Gasteiger partial charge in [0.25, 0.3) is 0 Å². The van der Waals surface area contributed by atoms with Gasteiger partial charge in [0.05, 0.1) is 11.4 Å². The van der Waals surface area contributed by atoms with Crippen LogP contribution >= 0.6 is 0 Å². The summed E-state index contributed by atoms with van der Waals surface area (Å²) in [5.41, 5.74) is 19.8. The Labute approximate surface area is 318 Å². The Morgan fingerprint density at radius 2 is 0.759 bits per heavy atom. The van der Waals surface area contributed by atoms with E-state index in [1.54, 1.807) is 0 Å². The number of hydrogen-bond donors (Lipinski definition) is 0. The summed E-state index contributed by atoms with van der Waals surface area (Å²) < 4.78 is 0. The van der Waals surface area contributed by atoms with Gasteiger partial charge in [-0.2, -0.15) is 0 Å². The molecule has 54 heavy (non-hydrogen) atoms. The van der Waals surface area contributed by atoms with Crippen LogP contribution in [0.15, 0.2) is 194 Å². The Morgan fingerprint density at radius 3 is 1.37 bits per heavy atom. The van der Waals surface area contributed by atoms with Gasteiger partial charge in [0.2, 0.25) is 0 Å². The summed E-state index contributed by atoms with van der Waals surface area (Å²) in [6.07, 6.45) is 0. The smallest absolute Gasteiger partial charge is 0.0503 e. The molecule has 0 saturated carbocycles. The summed E-state index contributed by atoms with van der Waals surface area (Å²) in [5.74, 6) is 0. The van der Waals surface area contributed by atoms with Gasteiger partial charge in [-0.05, 0) is 122 Å². The lowest BCUT2D eigenvalue weighted by Gasteiger charge is -2.42. The SMILES string of the molecule is CC1(C)c2cc(-c3ccccc3)ccc2N(c2ccc(-c3ccccc3)cc2)c2ccc(-c3ccc4c(c3)C(C)(c3ccccc3)c3ccccc3-4)cc21. The van der Waals surface area contributed by atoms with Crippen LogP contribution in [-0.4, -0.2) is 0 Å². The lowest BCUT2D eigenvalue weighted by molar-refractivity contribution is 0.632. The molecular weight excluding hydrogens is 651 g/mol. The van der Waals surface area contributed by atoms with Crippen LogP contribution in [0.1, 0.15) is 48.6 Å². The Kier molecular flexibility index (Phi) is 7.35. The molecule has 0 fully saturated rings. The van der Waals surface area contributed by atoms with E-state index in [9.17, 15) is 0 Å². The van der Waals surface area contributed by atoms with Crippen molar-refractivity contribution in [1.29, 1.82) is 0 Å². The summed E-state index contributed by atoms with van der Waals surface area (Å²) in [4.78, 5) is 2.47. The molecule has 1 heteroatoms. The Morgan fingerprint density at radius 1 is 0.333 bits per heavy atom. The molecular formula is C53H41N. The van der Waals surface area contributed by atoms with Crippen LogP contribution in [0.5, 0.6) is 0 Å². The fourth-order valence-corrected chi connectivity index (χ4v) is 9.19. The van der Waals surface area contributed by atoms with Gasteiger partial charge >= 0.3 is 0 Å². The van der Waals surface area contributed by atoms with Gasteiger partial charge in [0.15, 0.2) is 0 Å². The third-order valence-electron chi connectivity index (χ3n) is 12.2. The first kappa shape index (κ1) is 32.2. The highest BCUT2D eigenvalue weighted by molar-refractivity contribution is 5.91. The monoisotopic (exact) mass is 691 g/mol. The van der Waals surface area contributed by atoms with Crippen LogP contribution in [0.25, 0.3) is 44.5 Å². The maximum absolute atomic E-state index is 2.47. The van der Waals surface area contributed by atoms with Crippen molar-refractivity contribution in [3.8, 4) is 44.5 Å². The lowest BCUT2D eigenvalue weighted by Crippen LogP contribution is -2.30. The van der Waals surface area contributed by atoms with Crippen LogP contribution in [-0.2, 0) is 10.8 Å². The molecule has 0 amide bonds. The van der Waals surface area contributed by atoms with E-state index < -0.39 is 0 Å². The molecule has 1 unspecified atom stereocenters. The van der Waals surface area contributed by atoms with Crippen LogP contribution < -0.4 is 4.90 Å². The molecule has 1 heterocycles. The third-order valence-corrected chi connectivity index (χ3v) is 12.2. The van der Waals surface area contributed by atoms with Crippen molar-refractivity contribution in [3.63, 3.8) is 0 Å². The predicted molar refractivity (Wildman–Crippen MR) is 227 cm³/mol. The average Bonchev–Trinajstić information content (AvgIpc) is 3.50. The van der Waals surface area contributed by atoms with E-state index in [1.165, 1.54) is 83.7 Å². The molecule has 0 spiro atoms. The largest absolute Gasteiger partial charge is 0.310 e. The van der Waals surface area contributed by atoms with Crippen molar-refractivity contribution in [2.24, 2.45) is 0 Å². The standard InChI is InChI=1S/C53H41N/c1-52(2)48-34-39(37-17-9-5-10-18-37)26-31-50(48)54(43-28-23-38(24-29-43)36-15-7-4-8-16-36)51-32-27-41(35-49(51)52)40-25-30-45-44-21-13-14-22-46(44)53(3,47(45)33-40)42-19-11-6-12-20-42/h4-35H,1-3H3. The highest BCUT2D eigenvalue weighted by atomic mass is 15.2. The van der Waals surface area contributed by atoms with Gasteiger partial charge < -0.3 is 4.90 Å². The molecule has 258 valence electrons. The zero-order chi connectivity index (χ0) is 36.4. The summed E-state index contributed by atoms with van der Waals surface area (Å²) >= 11 is 0. The minimum Gasteiger partial charge on any atom is -0.310 e. The van der Waals surface area contributed by atoms with Crippen molar-refractivity contribution >= 4 is 17.1 Å². The van der Waals surface area contributed by atoms with E-state index in [0.29, 0.717) is 0 Å². The molecule has 1 atom stereocenters. The molecule has 0 radical (unpaired) electrons. The number of hydrogen-bond acceptors (Lipinski definition) is 1. The Bertz CT molecular complexity index is 2670. The van der Waals surface area contributed by atoms with Gasteiger partial charge in [-0.15, -0.1) is 0 Å². The van der Waals surface area contributed by atoms with Crippen molar-refractivity contribution < 1.29 is 0 Å². The van der Waals surface area contributed by atoms with E-state index >= 15 is 0 Å². The molecule has 0 bridgehead atoms. The minimum atomic E-state index is -0.253. The van der Waals surface area contributed by atoms with Gasteiger partial charge in [-0.3, -0.25) is 0 Å². The summed E-state index contributed by atoms with van der Waals surface area (Å²) in [6.45, 7) is 7.19. The molecule has 1 aliphatic heterocycles. The van der Waals surface area contributed by atoms with Crippen LogP contribution in [0.3, 0.4) is 0 Å². The third kappa shape index (κ3) is 4.92. The molecule has 8 aromatic rings. The zero-order valence-electron chi connectivity index (χ0n) is 30.9. The van der Waals surface area contributed by atoms with Gasteiger partial charge in [-0.25, -0.2) is 0 Å². The van der Waals surface area contributed by atoms with Gasteiger partial charge in [0.1, 0.15) is 0 Å². The minimum absolute atomic E-state index is 0.244. The number of anilines is 3. The molecule has 0 saturated heterocycles. The normalized spacial score (nSPS) is 16.2. The van der Waals surface area contributed by atoms with Gasteiger partial charge in [0, 0.05) is 16.5 Å². The lowest BCUT2D eigenvalue weighted by atomic mass is 9.71. The Hall–Kier alpha value is -6.44. The van der Waals surface area contributed by atoms with Crippen molar-refractivity contribution in [1.82, 2.24) is 0 Å². The van der Waals surface area contributed by atoms with Crippen LogP contribution in [0.4, 0.5) is 17.1 Å². The predicted octanol–water partition coefficient (Wildman–Crippen LogP) is 14.1. The second-order valence-corrected chi connectivity index (χ2v) is 15.5.